The highest BCUT2D eigenvalue weighted by molar-refractivity contribution is 7.22. The molecule has 1 aromatic heterocycles. The Morgan fingerprint density at radius 1 is 1.00 bits per heavy atom. The van der Waals surface area contributed by atoms with Crippen molar-refractivity contribution in [2.45, 2.75) is 19.4 Å². The van der Waals surface area contributed by atoms with E-state index in [0.29, 0.717) is 33.5 Å². The molecule has 1 aliphatic rings. The maximum atomic E-state index is 13.6. The van der Waals surface area contributed by atoms with Crippen LogP contribution in [0.5, 0.6) is 17.2 Å². The highest BCUT2D eigenvalue weighted by Gasteiger charge is 2.49. The van der Waals surface area contributed by atoms with Gasteiger partial charge in [0.1, 0.15) is 17.6 Å². The largest absolute Gasteiger partial charge is 0.507 e. The molecule has 9 heteroatoms. The summed E-state index contributed by atoms with van der Waals surface area (Å²) < 4.78 is 17.3. The number of aliphatic hydroxyl groups is 1. The van der Waals surface area contributed by atoms with E-state index in [1.165, 1.54) is 37.6 Å². The number of ketones is 1. The van der Waals surface area contributed by atoms with Crippen LogP contribution in [0, 0.1) is 0 Å². The third-order valence-electron chi connectivity index (χ3n) is 6.59. The number of methoxy groups -OCH3 is 3. The monoisotopic (exact) mass is 530 g/mol. The van der Waals surface area contributed by atoms with E-state index in [0.717, 1.165) is 22.2 Å². The zero-order chi connectivity index (χ0) is 27.0. The van der Waals surface area contributed by atoms with Gasteiger partial charge in [0.25, 0.3) is 5.78 Å². The van der Waals surface area contributed by atoms with Crippen LogP contribution >= 0.6 is 11.3 Å². The molecule has 1 fully saturated rings. The maximum absolute atomic E-state index is 13.6. The number of nitrogens with zero attached hydrogens (tertiary/aromatic N) is 2. The van der Waals surface area contributed by atoms with Crippen LogP contribution in [0.4, 0.5) is 5.13 Å². The number of ether oxygens (including phenoxy) is 3. The van der Waals surface area contributed by atoms with E-state index in [1.807, 2.05) is 18.2 Å². The minimum atomic E-state index is -1.01. The minimum absolute atomic E-state index is 0.0692. The molecule has 3 aromatic carbocycles. The van der Waals surface area contributed by atoms with Crippen molar-refractivity contribution in [3.63, 3.8) is 0 Å². The number of hydrogen-bond acceptors (Lipinski definition) is 8. The second kappa shape index (κ2) is 10.2. The molecule has 0 radical (unpaired) electrons. The number of fused-ring (bicyclic) bond motifs is 1. The van der Waals surface area contributed by atoms with E-state index in [4.69, 9.17) is 19.2 Å². The molecule has 0 aliphatic carbocycles. The highest BCUT2D eigenvalue weighted by Crippen LogP contribution is 2.48. The van der Waals surface area contributed by atoms with Crippen molar-refractivity contribution in [3.05, 3.63) is 82.9 Å². The van der Waals surface area contributed by atoms with E-state index in [2.05, 4.69) is 6.92 Å². The minimum Gasteiger partial charge on any atom is -0.507 e. The van der Waals surface area contributed by atoms with Gasteiger partial charge in [-0.15, -0.1) is 0 Å². The Kier molecular flexibility index (Phi) is 6.77. The van der Waals surface area contributed by atoms with E-state index in [9.17, 15) is 14.7 Å². The SMILES string of the molecule is CCc1ccc2nc(N3C(=O)C(=O)C(=C(O)c4ccc(OC)cc4)[C@@H]3c3cccc(OC)c3OC)sc2c1. The molecule has 4 aromatic rings. The smallest absolute Gasteiger partial charge is 0.301 e. The van der Waals surface area contributed by atoms with E-state index < -0.39 is 17.7 Å². The van der Waals surface area contributed by atoms with Crippen molar-refractivity contribution in [3.8, 4) is 17.2 Å². The predicted molar refractivity (Wildman–Crippen MR) is 146 cm³/mol. The van der Waals surface area contributed by atoms with Gasteiger partial charge in [0, 0.05) is 11.1 Å². The molecule has 1 aliphatic heterocycles. The van der Waals surface area contributed by atoms with Gasteiger partial charge in [0.05, 0.1) is 37.1 Å². The van der Waals surface area contributed by atoms with Crippen LogP contribution in [0.2, 0.25) is 0 Å². The summed E-state index contributed by atoms with van der Waals surface area (Å²) in [6.45, 7) is 2.07. The fourth-order valence-electron chi connectivity index (χ4n) is 4.64. The summed E-state index contributed by atoms with van der Waals surface area (Å²) in [6.07, 6.45) is 0.858. The zero-order valence-electron chi connectivity index (χ0n) is 21.3. The molecule has 8 nitrogen and oxygen atoms in total. The summed E-state index contributed by atoms with van der Waals surface area (Å²) in [4.78, 5) is 33.2. The normalized spacial score (nSPS) is 16.7. The van der Waals surface area contributed by atoms with Gasteiger partial charge in [-0.25, -0.2) is 4.98 Å². The number of hydrogen-bond donors (Lipinski definition) is 1. The lowest BCUT2D eigenvalue weighted by Gasteiger charge is -2.25. The fraction of sp³-hybridized carbons (Fsp3) is 0.207. The van der Waals surface area contributed by atoms with Gasteiger partial charge in [0.15, 0.2) is 16.6 Å². The molecule has 194 valence electrons. The molecule has 1 atom stereocenters. The number of benzene rings is 3. The summed E-state index contributed by atoms with van der Waals surface area (Å²) >= 11 is 1.32. The van der Waals surface area contributed by atoms with Gasteiger partial charge in [-0.05, 0) is 54.4 Å². The van der Waals surface area contributed by atoms with Crippen molar-refractivity contribution in [2.24, 2.45) is 0 Å². The first-order valence-electron chi connectivity index (χ1n) is 12.0. The van der Waals surface area contributed by atoms with Crippen LogP contribution in [-0.2, 0) is 16.0 Å². The molecule has 0 bridgehead atoms. The second-order valence-electron chi connectivity index (χ2n) is 8.63. The Morgan fingerprint density at radius 2 is 1.76 bits per heavy atom. The number of aromatic nitrogens is 1. The molecule has 38 heavy (non-hydrogen) atoms. The quantitative estimate of drug-likeness (QED) is 0.191. The number of para-hydroxylation sites is 1. The second-order valence-corrected chi connectivity index (χ2v) is 9.64. The highest BCUT2D eigenvalue weighted by atomic mass is 32.1. The van der Waals surface area contributed by atoms with Gasteiger partial charge in [-0.3, -0.25) is 14.5 Å². The molecule has 5 rings (SSSR count). The number of anilines is 1. The molecular weight excluding hydrogens is 504 g/mol. The van der Waals surface area contributed by atoms with Crippen molar-refractivity contribution in [1.82, 2.24) is 4.98 Å². The average molecular weight is 531 g/mol. The third-order valence-corrected chi connectivity index (χ3v) is 7.61. The predicted octanol–water partition coefficient (Wildman–Crippen LogP) is 5.51. The summed E-state index contributed by atoms with van der Waals surface area (Å²) in [5.74, 6) is -0.545. The van der Waals surface area contributed by atoms with Crippen molar-refractivity contribution in [1.29, 1.82) is 0 Å². The fourth-order valence-corrected chi connectivity index (χ4v) is 5.69. The van der Waals surface area contributed by atoms with Crippen LogP contribution in [0.3, 0.4) is 0 Å². The Balaban J connectivity index is 1.76. The summed E-state index contributed by atoms with van der Waals surface area (Å²) in [7, 11) is 4.53. The lowest BCUT2D eigenvalue weighted by molar-refractivity contribution is -0.132. The first-order chi connectivity index (χ1) is 18.4. The van der Waals surface area contributed by atoms with E-state index >= 15 is 0 Å². The summed E-state index contributed by atoms with van der Waals surface area (Å²) in [5, 5.41) is 11.8. The van der Waals surface area contributed by atoms with Crippen molar-refractivity contribution >= 4 is 44.1 Å². The molecule has 1 N–H and O–H groups in total. The Hall–Kier alpha value is -4.37. The molecule has 1 saturated heterocycles. The number of thiazole rings is 1. The van der Waals surface area contributed by atoms with E-state index in [-0.39, 0.29) is 11.3 Å². The molecule has 1 amide bonds. The number of aliphatic hydroxyl groups excluding tert-OH is 1. The standard InChI is InChI=1S/C29H26N2O6S/c1-5-16-9-14-20-22(15-16)38-29(30-20)31-24(19-7-6-8-21(36-3)27(19)37-4)23(26(33)28(31)34)25(32)17-10-12-18(35-2)13-11-17/h6-15,24,32H,5H2,1-4H3/t24-/m0/s1. The van der Waals surface area contributed by atoms with Crippen LogP contribution < -0.4 is 19.1 Å². The molecule has 2 heterocycles. The Labute approximate surface area is 223 Å². The summed E-state index contributed by atoms with van der Waals surface area (Å²) in [5.41, 5.74) is 2.64. The lowest BCUT2D eigenvalue weighted by atomic mass is 9.94. The Morgan fingerprint density at radius 3 is 2.42 bits per heavy atom. The third kappa shape index (κ3) is 4.14. The number of carbonyl (C=O) groups is 2. The van der Waals surface area contributed by atoms with Crippen LogP contribution in [-0.4, -0.2) is 43.1 Å². The van der Waals surface area contributed by atoms with Crippen LogP contribution in [0.1, 0.15) is 29.7 Å². The topological polar surface area (TPSA) is 98.2 Å². The number of Topliss-reactive ketones (excluding diaryl/α,β-unsaturated/α-hetero) is 1. The van der Waals surface area contributed by atoms with Crippen LogP contribution in [0.15, 0.2) is 66.2 Å². The first-order valence-corrected chi connectivity index (χ1v) is 12.8. The summed E-state index contributed by atoms with van der Waals surface area (Å²) in [6, 6.07) is 16.7. The lowest BCUT2D eigenvalue weighted by Crippen LogP contribution is -2.29. The maximum Gasteiger partial charge on any atom is 0.301 e. The molecule has 0 unspecified atom stereocenters. The molecule has 0 saturated carbocycles. The number of rotatable bonds is 7. The average Bonchev–Trinajstić information content (AvgIpc) is 3.49. The zero-order valence-corrected chi connectivity index (χ0v) is 22.2. The number of carbonyl (C=O) groups excluding carboxylic acids is 2. The van der Waals surface area contributed by atoms with Crippen LogP contribution in [0.25, 0.3) is 16.0 Å². The van der Waals surface area contributed by atoms with Gasteiger partial charge in [-0.1, -0.05) is 36.5 Å². The molecular formula is C29H26N2O6S. The van der Waals surface area contributed by atoms with Gasteiger partial charge in [0.2, 0.25) is 0 Å². The van der Waals surface area contributed by atoms with E-state index in [1.54, 1.807) is 42.5 Å². The van der Waals surface area contributed by atoms with Gasteiger partial charge < -0.3 is 19.3 Å². The molecule has 0 spiro atoms. The van der Waals surface area contributed by atoms with Gasteiger partial charge >= 0.3 is 5.91 Å². The van der Waals surface area contributed by atoms with Crippen molar-refractivity contribution < 1.29 is 28.9 Å². The van der Waals surface area contributed by atoms with Gasteiger partial charge in [-0.2, -0.15) is 0 Å². The number of aryl methyl sites for hydroxylation is 1. The first kappa shape index (κ1) is 25.3. The number of amides is 1. The Bertz CT molecular complexity index is 1570. The van der Waals surface area contributed by atoms with Crippen molar-refractivity contribution in [2.75, 3.05) is 26.2 Å².